The van der Waals surface area contributed by atoms with E-state index in [0.717, 1.165) is 45.4 Å². The fourth-order valence-corrected chi connectivity index (χ4v) is 3.68. The van der Waals surface area contributed by atoms with E-state index in [1.165, 1.54) is 6.42 Å². The van der Waals surface area contributed by atoms with Crippen molar-refractivity contribution in [2.75, 3.05) is 33.2 Å². The van der Waals surface area contributed by atoms with Crippen molar-refractivity contribution in [2.24, 2.45) is 5.41 Å². The SMILES string of the molecule is CCC1CN(C)CCCN1C(=O)C1NCCCC1(C)C. The average Bonchev–Trinajstić information content (AvgIpc) is 2.59. The van der Waals surface area contributed by atoms with Crippen LogP contribution in [0.4, 0.5) is 0 Å². The molecule has 20 heavy (non-hydrogen) atoms. The number of amides is 1. The van der Waals surface area contributed by atoms with Gasteiger partial charge in [-0.05, 0) is 51.2 Å². The van der Waals surface area contributed by atoms with Gasteiger partial charge in [-0.25, -0.2) is 0 Å². The van der Waals surface area contributed by atoms with Crippen LogP contribution in [0.15, 0.2) is 0 Å². The Morgan fingerprint density at radius 2 is 2.05 bits per heavy atom. The van der Waals surface area contributed by atoms with Crippen molar-refractivity contribution < 1.29 is 4.79 Å². The van der Waals surface area contributed by atoms with Crippen LogP contribution in [0.1, 0.15) is 46.5 Å². The molecule has 2 aliphatic heterocycles. The first-order chi connectivity index (χ1) is 9.45. The van der Waals surface area contributed by atoms with Crippen molar-refractivity contribution in [3.8, 4) is 0 Å². The highest BCUT2D eigenvalue weighted by atomic mass is 16.2. The van der Waals surface area contributed by atoms with Crippen LogP contribution in [0.3, 0.4) is 0 Å². The summed E-state index contributed by atoms with van der Waals surface area (Å²) in [7, 11) is 2.17. The second-order valence-corrected chi connectivity index (χ2v) is 7.19. The number of nitrogens with one attached hydrogen (secondary N) is 1. The minimum absolute atomic E-state index is 0.00583. The Balaban J connectivity index is 2.13. The van der Waals surface area contributed by atoms with Crippen molar-refractivity contribution in [2.45, 2.75) is 58.5 Å². The van der Waals surface area contributed by atoms with Crippen molar-refractivity contribution in [3.63, 3.8) is 0 Å². The molecule has 0 radical (unpaired) electrons. The number of rotatable bonds is 2. The van der Waals surface area contributed by atoms with Crippen LogP contribution in [0.2, 0.25) is 0 Å². The maximum absolute atomic E-state index is 13.0. The molecule has 4 heteroatoms. The van der Waals surface area contributed by atoms with E-state index in [4.69, 9.17) is 0 Å². The summed E-state index contributed by atoms with van der Waals surface area (Å²) in [6.45, 7) is 10.7. The minimum atomic E-state index is -0.00583. The van der Waals surface area contributed by atoms with E-state index >= 15 is 0 Å². The summed E-state index contributed by atoms with van der Waals surface area (Å²) < 4.78 is 0. The molecule has 116 valence electrons. The summed E-state index contributed by atoms with van der Waals surface area (Å²) in [6, 6.07) is 0.364. The topological polar surface area (TPSA) is 35.6 Å². The van der Waals surface area contributed by atoms with E-state index in [-0.39, 0.29) is 11.5 Å². The molecule has 0 aliphatic carbocycles. The second kappa shape index (κ2) is 6.44. The van der Waals surface area contributed by atoms with E-state index in [0.29, 0.717) is 11.9 Å². The van der Waals surface area contributed by atoms with Gasteiger partial charge in [0.15, 0.2) is 0 Å². The summed E-state index contributed by atoms with van der Waals surface area (Å²) in [6.07, 6.45) is 4.45. The highest BCUT2D eigenvalue weighted by Crippen LogP contribution is 2.32. The lowest BCUT2D eigenvalue weighted by Gasteiger charge is -2.42. The van der Waals surface area contributed by atoms with Gasteiger partial charge in [0.1, 0.15) is 0 Å². The van der Waals surface area contributed by atoms with Gasteiger partial charge in [-0.3, -0.25) is 4.79 Å². The number of hydrogen-bond acceptors (Lipinski definition) is 3. The number of hydrogen-bond donors (Lipinski definition) is 1. The van der Waals surface area contributed by atoms with Crippen LogP contribution in [0.5, 0.6) is 0 Å². The standard InChI is InChI=1S/C16H31N3O/c1-5-13-12-18(4)10-7-11-19(13)15(20)14-16(2,3)8-6-9-17-14/h13-14,17H,5-12H2,1-4H3. The minimum Gasteiger partial charge on any atom is -0.337 e. The van der Waals surface area contributed by atoms with Crippen molar-refractivity contribution in [1.29, 1.82) is 0 Å². The Morgan fingerprint density at radius 1 is 1.30 bits per heavy atom. The third kappa shape index (κ3) is 3.34. The lowest BCUT2D eigenvalue weighted by molar-refractivity contribution is -0.139. The first-order valence-electron chi connectivity index (χ1n) is 8.18. The number of carbonyl (C=O) groups is 1. The summed E-state index contributed by atoms with van der Waals surface area (Å²) >= 11 is 0. The van der Waals surface area contributed by atoms with Gasteiger partial charge < -0.3 is 15.1 Å². The molecule has 2 unspecified atom stereocenters. The molecular weight excluding hydrogens is 250 g/mol. The molecule has 1 N–H and O–H groups in total. The first-order valence-corrected chi connectivity index (χ1v) is 8.18. The lowest BCUT2D eigenvalue weighted by atomic mass is 9.77. The lowest BCUT2D eigenvalue weighted by Crippen LogP contribution is -2.59. The zero-order chi connectivity index (χ0) is 14.8. The maximum atomic E-state index is 13.0. The fourth-order valence-electron chi connectivity index (χ4n) is 3.68. The monoisotopic (exact) mass is 281 g/mol. The molecule has 0 bridgehead atoms. The zero-order valence-corrected chi connectivity index (χ0v) is 13.6. The van der Waals surface area contributed by atoms with E-state index < -0.39 is 0 Å². The Morgan fingerprint density at radius 3 is 2.70 bits per heavy atom. The van der Waals surface area contributed by atoms with Gasteiger partial charge in [-0.2, -0.15) is 0 Å². The maximum Gasteiger partial charge on any atom is 0.240 e. The molecule has 1 amide bonds. The fraction of sp³-hybridized carbons (Fsp3) is 0.938. The molecule has 4 nitrogen and oxygen atoms in total. The van der Waals surface area contributed by atoms with Crippen LogP contribution in [0.25, 0.3) is 0 Å². The molecule has 2 saturated heterocycles. The van der Waals surface area contributed by atoms with Crippen LogP contribution in [-0.2, 0) is 4.79 Å². The normalized spacial score (nSPS) is 31.9. The molecular formula is C16H31N3O. The van der Waals surface area contributed by atoms with E-state index in [9.17, 15) is 4.79 Å². The van der Waals surface area contributed by atoms with Gasteiger partial charge in [0.05, 0.1) is 6.04 Å². The highest BCUT2D eigenvalue weighted by molar-refractivity contribution is 5.83. The van der Waals surface area contributed by atoms with Gasteiger partial charge in [0.25, 0.3) is 0 Å². The molecule has 0 spiro atoms. The van der Waals surface area contributed by atoms with Crippen molar-refractivity contribution in [3.05, 3.63) is 0 Å². The van der Waals surface area contributed by atoms with Crippen LogP contribution >= 0.6 is 0 Å². The number of carbonyl (C=O) groups excluding carboxylic acids is 1. The predicted octanol–water partition coefficient (Wildman–Crippen LogP) is 1.71. The summed E-state index contributed by atoms with van der Waals surface area (Å²) in [4.78, 5) is 17.6. The third-order valence-electron chi connectivity index (χ3n) is 5.03. The van der Waals surface area contributed by atoms with E-state index in [1.807, 2.05) is 0 Å². The zero-order valence-electron chi connectivity index (χ0n) is 13.6. The smallest absolute Gasteiger partial charge is 0.240 e. The summed E-state index contributed by atoms with van der Waals surface area (Å²) in [5.41, 5.74) is 0.0752. The van der Waals surface area contributed by atoms with E-state index in [1.54, 1.807) is 0 Å². The Kier molecular flexibility index (Phi) is 5.08. The van der Waals surface area contributed by atoms with Crippen molar-refractivity contribution >= 4 is 5.91 Å². The molecule has 2 aliphatic rings. The van der Waals surface area contributed by atoms with Gasteiger partial charge in [-0.15, -0.1) is 0 Å². The largest absolute Gasteiger partial charge is 0.337 e. The van der Waals surface area contributed by atoms with Crippen LogP contribution in [-0.4, -0.2) is 61.0 Å². The summed E-state index contributed by atoms with van der Waals surface area (Å²) in [5, 5.41) is 3.48. The van der Waals surface area contributed by atoms with Crippen LogP contribution in [0, 0.1) is 5.41 Å². The highest BCUT2D eigenvalue weighted by Gasteiger charge is 2.40. The number of likely N-dealkylation sites (N-methyl/N-ethyl adjacent to an activating group) is 1. The van der Waals surface area contributed by atoms with Gasteiger partial charge >= 0.3 is 0 Å². The second-order valence-electron chi connectivity index (χ2n) is 7.19. The molecule has 0 saturated carbocycles. The number of nitrogens with zero attached hydrogens (tertiary/aromatic N) is 2. The Bertz CT molecular complexity index is 343. The molecule has 0 aromatic heterocycles. The van der Waals surface area contributed by atoms with Crippen LogP contribution < -0.4 is 5.32 Å². The number of piperidine rings is 1. The molecule has 2 fully saturated rings. The Hall–Kier alpha value is -0.610. The predicted molar refractivity (Wildman–Crippen MR) is 82.7 cm³/mol. The third-order valence-corrected chi connectivity index (χ3v) is 5.03. The first kappa shape index (κ1) is 15.8. The van der Waals surface area contributed by atoms with Gasteiger partial charge in [-0.1, -0.05) is 20.8 Å². The molecule has 0 aromatic rings. The molecule has 2 atom stereocenters. The average molecular weight is 281 g/mol. The van der Waals surface area contributed by atoms with Crippen molar-refractivity contribution in [1.82, 2.24) is 15.1 Å². The summed E-state index contributed by atoms with van der Waals surface area (Å²) in [5.74, 6) is 0.330. The molecule has 2 heterocycles. The molecule has 0 aromatic carbocycles. The van der Waals surface area contributed by atoms with E-state index in [2.05, 4.69) is 42.9 Å². The quantitative estimate of drug-likeness (QED) is 0.837. The molecule has 2 rings (SSSR count). The Labute approximate surface area is 123 Å². The van der Waals surface area contributed by atoms with Gasteiger partial charge in [0.2, 0.25) is 5.91 Å². The van der Waals surface area contributed by atoms with Gasteiger partial charge in [0, 0.05) is 19.1 Å².